The van der Waals surface area contributed by atoms with E-state index in [1.807, 2.05) is 30.3 Å². The summed E-state index contributed by atoms with van der Waals surface area (Å²) < 4.78 is 1.71. The van der Waals surface area contributed by atoms with Crippen LogP contribution in [-0.4, -0.2) is 46.4 Å². The minimum atomic E-state index is 0.0446. The summed E-state index contributed by atoms with van der Waals surface area (Å²) in [7, 11) is 0. The Balaban J connectivity index is 1.41. The average molecular weight is 397 g/mol. The highest BCUT2D eigenvalue weighted by molar-refractivity contribution is 7.18. The Labute approximate surface area is 168 Å². The number of aryl methyl sites for hydroxylation is 1. The van der Waals surface area contributed by atoms with Gasteiger partial charge in [0.05, 0.1) is 12.1 Å². The Bertz CT molecular complexity index is 1050. The smallest absolute Gasteiger partial charge is 0.263 e. The van der Waals surface area contributed by atoms with E-state index in [1.165, 1.54) is 4.88 Å². The number of hydrogen-bond acceptors (Lipinski definition) is 6. The molecule has 0 amide bonds. The van der Waals surface area contributed by atoms with Gasteiger partial charge in [-0.15, -0.1) is 11.3 Å². The number of benzene rings is 1. The Hall–Kier alpha value is -2.51. The largest absolute Gasteiger partial charge is 0.369 e. The number of aromatic nitrogens is 2. The fraction of sp³-hybridized carbons (Fsp3) is 0.381. The van der Waals surface area contributed by atoms with E-state index in [0.717, 1.165) is 54.1 Å². The van der Waals surface area contributed by atoms with Crippen molar-refractivity contribution in [1.29, 1.82) is 0 Å². The number of anilines is 1. The summed E-state index contributed by atoms with van der Waals surface area (Å²) >= 11 is 1.60. The van der Waals surface area contributed by atoms with Crippen LogP contribution in [0.2, 0.25) is 0 Å². The maximum Gasteiger partial charge on any atom is 0.263 e. The number of rotatable bonds is 5. The highest BCUT2D eigenvalue weighted by Crippen LogP contribution is 2.21. The van der Waals surface area contributed by atoms with Gasteiger partial charge in [-0.25, -0.2) is 4.98 Å². The number of hydrogen-bond donors (Lipinski definition) is 0. The number of Topliss-reactive ketones (excluding diaryl/α,β-unsaturated/α-hetero) is 1. The van der Waals surface area contributed by atoms with E-state index in [4.69, 9.17) is 0 Å². The molecule has 0 unspecified atom stereocenters. The van der Waals surface area contributed by atoms with E-state index in [0.29, 0.717) is 6.67 Å². The third-order valence-electron chi connectivity index (χ3n) is 5.28. The lowest BCUT2D eigenvalue weighted by Gasteiger charge is -2.36. The first kappa shape index (κ1) is 18.8. The van der Waals surface area contributed by atoms with Gasteiger partial charge in [0, 0.05) is 42.3 Å². The monoisotopic (exact) mass is 396 g/mol. The van der Waals surface area contributed by atoms with Crippen LogP contribution in [0.4, 0.5) is 5.69 Å². The molecule has 0 radical (unpaired) electrons. The first-order valence-electron chi connectivity index (χ1n) is 9.61. The van der Waals surface area contributed by atoms with E-state index in [1.54, 1.807) is 29.2 Å². The normalized spacial score (nSPS) is 15.3. The van der Waals surface area contributed by atoms with Crippen molar-refractivity contribution in [2.75, 3.05) is 31.1 Å². The summed E-state index contributed by atoms with van der Waals surface area (Å²) in [6.07, 6.45) is 2.60. The van der Waals surface area contributed by atoms with Crippen LogP contribution in [0.3, 0.4) is 0 Å². The average Bonchev–Trinajstić information content (AvgIpc) is 3.15. The Morgan fingerprint density at radius 3 is 2.50 bits per heavy atom. The quantitative estimate of drug-likeness (QED) is 0.621. The first-order valence-corrected chi connectivity index (χ1v) is 10.4. The second-order valence-corrected chi connectivity index (χ2v) is 8.27. The molecular weight excluding hydrogens is 372 g/mol. The molecule has 3 heterocycles. The fourth-order valence-electron chi connectivity index (χ4n) is 3.55. The first-order chi connectivity index (χ1) is 13.5. The Kier molecular flexibility index (Phi) is 5.28. The molecule has 1 aliphatic rings. The molecule has 7 heteroatoms. The zero-order valence-electron chi connectivity index (χ0n) is 16.2. The summed E-state index contributed by atoms with van der Waals surface area (Å²) in [5.41, 5.74) is 1.92. The van der Waals surface area contributed by atoms with Gasteiger partial charge in [-0.2, -0.15) is 0 Å². The number of nitrogens with zero attached hydrogens (tertiary/aromatic N) is 4. The van der Waals surface area contributed by atoms with Crippen LogP contribution in [-0.2, 0) is 13.1 Å². The Morgan fingerprint density at radius 2 is 1.86 bits per heavy atom. The van der Waals surface area contributed by atoms with Gasteiger partial charge in [0.1, 0.15) is 11.2 Å². The maximum absolute atomic E-state index is 12.8. The van der Waals surface area contributed by atoms with E-state index >= 15 is 0 Å². The minimum Gasteiger partial charge on any atom is -0.369 e. The van der Waals surface area contributed by atoms with Crippen molar-refractivity contribution in [3.63, 3.8) is 0 Å². The number of carbonyl (C=O) groups excluding carboxylic acids is 1. The molecule has 1 aromatic carbocycles. The maximum atomic E-state index is 12.8. The number of ketones is 1. The third-order valence-corrected chi connectivity index (χ3v) is 6.47. The molecule has 146 valence electrons. The van der Waals surface area contributed by atoms with Crippen LogP contribution >= 0.6 is 11.3 Å². The molecule has 6 nitrogen and oxygen atoms in total. The summed E-state index contributed by atoms with van der Waals surface area (Å²) in [6.45, 7) is 7.78. The molecule has 0 N–H and O–H groups in total. The lowest BCUT2D eigenvalue weighted by atomic mass is 10.1. The topological polar surface area (TPSA) is 58.4 Å². The standard InChI is InChI=1S/C21H24N4O2S/c1-3-18-12-19-20(28-18)22-13-25(21(19)27)14-23-8-10-24(11-9-23)17-6-4-16(5-7-17)15(2)26/h4-7,12-13H,3,8-11,14H2,1-2H3. The molecule has 1 fully saturated rings. The number of piperazine rings is 1. The zero-order chi connectivity index (χ0) is 19.7. The van der Waals surface area contributed by atoms with Crippen LogP contribution in [0.5, 0.6) is 0 Å². The molecule has 1 saturated heterocycles. The van der Waals surface area contributed by atoms with E-state index in [9.17, 15) is 9.59 Å². The summed E-state index contributed by atoms with van der Waals surface area (Å²) in [5.74, 6) is 0.0871. The van der Waals surface area contributed by atoms with Crippen LogP contribution < -0.4 is 10.5 Å². The van der Waals surface area contributed by atoms with Crippen molar-refractivity contribution in [1.82, 2.24) is 14.5 Å². The van der Waals surface area contributed by atoms with Crippen LogP contribution in [0.25, 0.3) is 10.2 Å². The SMILES string of the molecule is CCc1cc2c(=O)n(CN3CCN(c4ccc(C(C)=O)cc4)CC3)cnc2s1. The number of thiophene rings is 1. The molecule has 2 aromatic heterocycles. The van der Waals surface area contributed by atoms with Crippen molar-refractivity contribution in [2.24, 2.45) is 0 Å². The third kappa shape index (κ3) is 3.72. The molecule has 0 bridgehead atoms. The van der Waals surface area contributed by atoms with Crippen molar-refractivity contribution >= 4 is 33.0 Å². The molecule has 0 spiro atoms. The van der Waals surface area contributed by atoms with E-state index < -0.39 is 0 Å². The summed E-state index contributed by atoms with van der Waals surface area (Å²) in [4.78, 5) is 35.3. The van der Waals surface area contributed by atoms with Crippen molar-refractivity contribution in [3.05, 3.63) is 57.5 Å². The van der Waals surface area contributed by atoms with Crippen molar-refractivity contribution < 1.29 is 4.79 Å². The predicted molar refractivity (Wildman–Crippen MR) is 113 cm³/mol. The predicted octanol–water partition coefficient (Wildman–Crippen LogP) is 3.00. The van der Waals surface area contributed by atoms with Crippen molar-refractivity contribution in [3.8, 4) is 0 Å². The number of fused-ring (bicyclic) bond motifs is 1. The van der Waals surface area contributed by atoms with Crippen LogP contribution in [0.1, 0.15) is 29.1 Å². The highest BCUT2D eigenvalue weighted by atomic mass is 32.1. The highest BCUT2D eigenvalue weighted by Gasteiger charge is 2.18. The fourth-order valence-corrected chi connectivity index (χ4v) is 4.48. The molecule has 28 heavy (non-hydrogen) atoms. The van der Waals surface area contributed by atoms with E-state index in [-0.39, 0.29) is 11.3 Å². The van der Waals surface area contributed by atoms with Gasteiger partial charge in [0.25, 0.3) is 5.56 Å². The van der Waals surface area contributed by atoms with Gasteiger partial charge in [-0.1, -0.05) is 6.92 Å². The second-order valence-electron chi connectivity index (χ2n) is 7.15. The van der Waals surface area contributed by atoms with Gasteiger partial charge in [0.2, 0.25) is 0 Å². The van der Waals surface area contributed by atoms with Gasteiger partial charge in [-0.3, -0.25) is 19.1 Å². The number of carbonyl (C=O) groups is 1. The summed E-state index contributed by atoms with van der Waals surface area (Å²) in [5, 5.41) is 0.730. The van der Waals surface area contributed by atoms with E-state index in [2.05, 4.69) is 21.7 Å². The van der Waals surface area contributed by atoms with Gasteiger partial charge < -0.3 is 4.90 Å². The lowest BCUT2D eigenvalue weighted by molar-refractivity contribution is 0.101. The molecule has 3 aromatic rings. The lowest BCUT2D eigenvalue weighted by Crippen LogP contribution is -2.47. The molecule has 4 rings (SSSR count). The molecule has 0 aliphatic carbocycles. The minimum absolute atomic E-state index is 0.0446. The molecule has 1 aliphatic heterocycles. The van der Waals surface area contributed by atoms with Gasteiger partial charge >= 0.3 is 0 Å². The van der Waals surface area contributed by atoms with Crippen molar-refractivity contribution in [2.45, 2.75) is 26.9 Å². The van der Waals surface area contributed by atoms with Gasteiger partial charge in [0.15, 0.2) is 5.78 Å². The molecule has 0 saturated carbocycles. The zero-order valence-corrected chi connectivity index (χ0v) is 17.0. The van der Waals surface area contributed by atoms with Gasteiger partial charge in [-0.05, 0) is 43.7 Å². The summed E-state index contributed by atoms with van der Waals surface area (Å²) in [6, 6.07) is 9.77. The molecule has 0 atom stereocenters. The molecular formula is C21H24N4O2S. The second kappa shape index (κ2) is 7.85. The van der Waals surface area contributed by atoms with Crippen LogP contribution in [0.15, 0.2) is 41.5 Å². The van der Waals surface area contributed by atoms with Crippen LogP contribution in [0, 0.1) is 0 Å². The Morgan fingerprint density at radius 1 is 1.14 bits per heavy atom.